The molecular weight excluding hydrogens is 425 g/mol. The summed E-state index contributed by atoms with van der Waals surface area (Å²) >= 11 is 0. The fourth-order valence-electron chi connectivity index (χ4n) is 5.12. The molecule has 1 saturated heterocycles. The van der Waals surface area contributed by atoms with Crippen molar-refractivity contribution in [3.05, 3.63) is 34.9 Å². The number of nitrogens with two attached hydrogens (primary N) is 1. The summed E-state index contributed by atoms with van der Waals surface area (Å²) in [7, 11) is 0. The van der Waals surface area contributed by atoms with Crippen LogP contribution in [0, 0.1) is 5.92 Å². The lowest BCUT2D eigenvalue weighted by Crippen LogP contribution is -2.47. The quantitative estimate of drug-likeness (QED) is 0.652. The van der Waals surface area contributed by atoms with E-state index in [0.717, 1.165) is 51.0 Å². The van der Waals surface area contributed by atoms with Crippen LogP contribution in [0.5, 0.6) is 0 Å². The predicted molar refractivity (Wildman–Crippen MR) is 110 cm³/mol. The molecule has 1 unspecified atom stereocenters. The minimum absolute atomic E-state index is 0.0828. The number of hydrogen-bond acceptors (Lipinski definition) is 4. The van der Waals surface area contributed by atoms with E-state index >= 15 is 0 Å². The summed E-state index contributed by atoms with van der Waals surface area (Å²) in [6.07, 6.45) is -0.239. The van der Waals surface area contributed by atoms with Gasteiger partial charge < -0.3 is 26.0 Å². The second kappa shape index (κ2) is 9.27. The van der Waals surface area contributed by atoms with Crippen molar-refractivity contribution >= 4 is 11.9 Å². The molecule has 0 radical (unpaired) electrons. The van der Waals surface area contributed by atoms with Gasteiger partial charge in [0, 0.05) is 44.3 Å². The summed E-state index contributed by atoms with van der Waals surface area (Å²) in [5, 5.41) is 6.20. The maximum Gasteiger partial charge on any atom is 0.416 e. The Labute approximate surface area is 184 Å². The third-order valence-corrected chi connectivity index (χ3v) is 6.71. The van der Waals surface area contributed by atoms with Crippen LogP contribution in [0.3, 0.4) is 0 Å². The van der Waals surface area contributed by atoms with Gasteiger partial charge in [-0.25, -0.2) is 4.79 Å². The normalized spacial score (nSPS) is 26.6. The Bertz CT molecular complexity index is 857. The minimum atomic E-state index is -4.48. The molecule has 3 atom stereocenters. The number of benzene rings is 1. The molecular formula is C22H29F3N4O3. The number of halogens is 3. The van der Waals surface area contributed by atoms with Crippen molar-refractivity contribution in [3.8, 4) is 0 Å². The molecule has 32 heavy (non-hydrogen) atoms. The largest absolute Gasteiger partial charge is 0.416 e. The molecule has 4 rings (SSSR count). The van der Waals surface area contributed by atoms with E-state index in [9.17, 15) is 22.8 Å². The lowest BCUT2D eigenvalue weighted by molar-refractivity contribution is -0.137. The summed E-state index contributed by atoms with van der Waals surface area (Å²) in [5.41, 5.74) is 5.45. The standard InChI is InChI=1S/C22H29F3N4O3/c23-22(24,25)15-2-4-18-14(9-15)11-29(12-19(18)28-21(26)31)20(30)13-1-3-17(10-13)27-16-5-7-32-8-6-16/h2,4,9,13,16-17,19,27H,1,3,5-8,10-12H2,(H3,26,28,31)/t13-,17+,19?/m0/s1. The first-order valence-corrected chi connectivity index (χ1v) is 11.1. The van der Waals surface area contributed by atoms with Crippen molar-refractivity contribution in [2.45, 2.75) is 63.0 Å². The number of amides is 3. The molecule has 1 aromatic rings. The summed E-state index contributed by atoms with van der Waals surface area (Å²) in [5.74, 6) is -0.269. The van der Waals surface area contributed by atoms with Gasteiger partial charge in [0.25, 0.3) is 0 Å². The molecule has 2 aliphatic heterocycles. The molecule has 0 aromatic heterocycles. The van der Waals surface area contributed by atoms with Gasteiger partial charge in [-0.2, -0.15) is 13.2 Å². The van der Waals surface area contributed by atoms with E-state index in [1.807, 2.05) is 0 Å². The first-order valence-electron chi connectivity index (χ1n) is 11.1. The van der Waals surface area contributed by atoms with Gasteiger partial charge in [-0.15, -0.1) is 0 Å². The highest BCUT2D eigenvalue weighted by atomic mass is 19.4. The molecule has 10 heteroatoms. The summed E-state index contributed by atoms with van der Waals surface area (Å²) in [6.45, 7) is 1.76. The van der Waals surface area contributed by atoms with E-state index in [0.29, 0.717) is 23.6 Å². The smallest absolute Gasteiger partial charge is 0.381 e. The van der Waals surface area contributed by atoms with Crippen LogP contribution in [0.25, 0.3) is 0 Å². The number of fused-ring (bicyclic) bond motifs is 1. The minimum Gasteiger partial charge on any atom is -0.381 e. The number of alkyl halides is 3. The Hall–Kier alpha value is -2.33. The molecule has 2 heterocycles. The van der Waals surface area contributed by atoms with E-state index in [-0.39, 0.29) is 31.0 Å². The van der Waals surface area contributed by atoms with Crippen molar-refractivity contribution in [3.63, 3.8) is 0 Å². The second-order valence-electron chi connectivity index (χ2n) is 8.95. The number of primary amides is 1. The van der Waals surface area contributed by atoms with Crippen LogP contribution in [0.4, 0.5) is 18.0 Å². The van der Waals surface area contributed by atoms with Crippen LogP contribution in [0.15, 0.2) is 18.2 Å². The molecule has 176 valence electrons. The van der Waals surface area contributed by atoms with Crippen molar-refractivity contribution in [1.29, 1.82) is 0 Å². The highest BCUT2D eigenvalue weighted by Gasteiger charge is 2.38. The number of rotatable bonds is 4. The van der Waals surface area contributed by atoms with Crippen molar-refractivity contribution in [2.24, 2.45) is 11.7 Å². The average molecular weight is 454 g/mol. The average Bonchev–Trinajstić information content (AvgIpc) is 3.20. The second-order valence-corrected chi connectivity index (χ2v) is 8.95. The van der Waals surface area contributed by atoms with Gasteiger partial charge in [-0.3, -0.25) is 4.79 Å². The molecule has 1 aliphatic carbocycles. The van der Waals surface area contributed by atoms with Crippen LogP contribution in [0.1, 0.15) is 54.8 Å². The van der Waals surface area contributed by atoms with Gasteiger partial charge in [0.1, 0.15) is 0 Å². The number of carbonyl (C=O) groups is 2. The van der Waals surface area contributed by atoms with Crippen molar-refractivity contribution < 1.29 is 27.5 Å². The van der Waals surface area contributed by atoms with Gasteiger partial charge >= 0.3 is 12.2 Å². The van der Waals surface area contributed by atoms with Gasteiger partial charge in [-0.05, 0) is 55.4 Å². The molecule has 1 saturated carbocycles. The Balaban J connectivity index is 1.46. The lowest BCUT2D eigenvalue weighted by atomic mass is 9.92. The summed E-state index contributed by atoms with van der Waals surface area (Å²) in [6, 6.07) is 2.65. The Morgan fingerprint density at radius 2 is 1.84 bits per heavy atom. The monoisotopic (exact) mass is 454 g/mol. The molecule has 2 fully saturated rings. The first kappa shape index (κ1) is 22.8. The zero-order chi connectivity index (χ0) is 22.9. The summed E-state index contributed by atoms with van der Waals surface area (Å²) < 4.78 is 45.0. The SMILES string of the molecule is NC(=O)NC1CN(C(=O)[C@H]2CC[C@@H](NC3CCOCC3)C2)Cc2cc(C(F)(F)F)ccc21. The highest BCUT2D eigenvalue weighted by molar-refractivity contribution is 5.80. The molecule has 7 nitrogen and oxygen atoms in total. The molecule has 0 spiro atoms. The lowest BCUT2D eigenvalue weighted by Gasteiger charge is -2.36. The fraction of sp³-hybridized carbons (Fsp3) is 0.636. The fourth-order valence-corrected chi connectivity index (χ4v) is 5.12. The van der Waals surface area contributed by atoms with Crippen LogP contribution < -0.4 is 16.4 Å². The van der Waals surface area contributed by atoms with Crippen LogP contribution in [-0.2, 0) is 22.3 Å². The highest BCUT2D eigenvalue weighted by Crippen LogP contribution is 2.36. The van der Waals surface area contributed by atoms with E-state index in [2.05, 4.69) is 10.6 Å². The summed E-state index contributed by atoms with van der Waals surface area (Å²) in [4.78, 5) is 26.3. The van der Waals surface area contributed by atoms with Gasteiger partial charge in [0.05, 0.1) is 11.6 Å². The number of nitrogens with one attached hydrogen (secondary N) is 2. The zero-order valence-electron chi connectivity index (χ0n) is 17.8. The molecule has 4 N–H and O–H groups in total. The van der Waals surface area contributed by atoms with Crippen LogP contribution in [-0.4, -0.2) is 48.7 Å². The van der Waals surface area contributed by atoms with Crippen LogP contribution >= 0.6 is 0 Å². The molecule has 3 amide bonds. The Morgan fingerprint density at radius 1 is 1.09 bits per heavy atom. The Kier molecular flexibility index (Phi) is 6.62. The van der Waals surface area contributed by atoms with Crippen molar-refractivity contribution in [1.82, 2.24) is 15.5 Å². The molecule has 0 bridgehead atoms. The number of urea groups is 1. The number of carbonyl (C=O) groups excluding carboxylic acids is 2. The van der Waals surface area contributed by atoms with E-state index in [1.165, 1.54) is 6.07 Å². The molecule has 1 aromatic carbocycles. The van der Waals surface area contributed by atoms with E-state index in [1.54, 1.807) is 4.90 Å². The van der Waals surface area contributed by atoms with Crippen molar-refractivity contribution in [2.75, 3.05) is 19.8 Å². The maximum atomic E-state index is 13.3. The predicted octanol–water partition coefficient (Wildman–Crippen LogP) is 2.69. The van der Waals surface area contributed by atoms with E-state index < -0.39 is 23.8 Å². The number of hydrogen-bond donors (Lipinski definition) is 3. The first-order chi connectivity index (χ1) is 15.2. The van der Waals surface area contributed by atoms with Gasteiger partial charge in [-0.1, -0.05) is 6.07 Å². The van der Waals surface area contributed by atoms with Gasteiger partial charge in [0.2, 0.25) is 5.91 Å². The number of nitrogens with zero attached hydrogens (tertiary/aromatic N) is 1. The zero-order valence-corrected chi connectivity index (χ0v) is 17.8. The third-order valence-electron chi connectivity index (χ3n) is 6.71. The topological polar surface area (TPSA) is 96.7 Å². The number of ether oxygens (including phenoxy) is 1. The third kappa shape index (κ3) is 5.17. The van der Waals surface area contributed by atoms with E-state index in [4.69, 9.17) is 10.5 Å². The van der Waals surface area contributed by atoms with Crippen LogP contribution in [0.2, 0.25) is 0 Å². The maximum absolute atomic E-state index is 13.3. The van der Waals surface area contributed by atoms with Gasteiger partial charge in [0.15, 0.2) is 0 Å². The Morgan fingerprint density at radius 3 is 2.53 bits per heavy atom. The molecule has 3 aliphatic rings.